The Morgan fingerprint density at radius 2 is 1.57 bits per heavy atom. The van der Waals surface area contributed by atoms with Crippen LogP contribution in [0.3, 0.4) is 0 Å². The van der Waals surface area contributed by atoms with Crippen LogP contribution in [0.5, 0.6) is 5.88 Å². The van der Waals surface area contributed by atoms with E-state index in [4.69, 9.17) is 31.2 Å². The van der Waals surface area contributed by atoms with Crippen LogP contribution in [0.1, 0.15) is 58.0 Å². The third-order valence-electron chi connectivity index (χ3n) is 8.42. The zero-order chi connectivity index (χ0) is 28.0. The van der Waals surface area contributed by atoms with E-state index < -0.39 is 10.0 Å². The van der Waals surface area contributed by atoms with E-state index in [-0.39, 0.29) is 33.6 Å². The summed E-state index contributed by atoms with van der Waals surface area (Å²) in [6.07, 6.45) is 4.10. The Bertz CT molecular complexity index is 1410. The molecule has 2 unspecified atom stereocenters. The van der Waals surface area contributed by atoms with Crippen LogP contribution < -0.4 is 9.88 Å². The molecular weight excluding hydrogens is 556 g/mol. The number of fused-ring (bicyclic) bond motifs is 1. The molecule has 4 heterocycles. The van der Waals surface area contributed by atoms with Crippen LogP contribution in [0.2, 0.25) is 5.02 Å². The summed E-state index contributed by atoms with van der Waals surface area (Å²) in [6, 6.07) is 7.72. The van der Waals surface area contributed by atoms with Crippen molar-refractivity contribution in [2.24, 2.45) is 22.9 Å². The Balaban J connectivity index is 1.10. The number of nitrogens with two attached hydrogens (primary N) is 1. The molecule has 1 aromatic heterocycles. The molecule has 0 radical (unpaired) electrons. The molecule has 4 fully saturated rings. The molecule has 2 atom stereocenters. The molecule has 12 heteroatoms. The largest absolute Gasteiger partial charge is 0.477 e. The number of pyridine rings is 1. The van der Waals surface area contributed by atoms with Crippen LogP contribution >= 0.6 is 11.6 Å². The van der Waals surface area contributed by atoms with Gasteiger partial charge in [0, 0.05) is 80.0 Å². The molecule has 1 aliphatic carbocycles. The molecule has 10 nitrogen and oxygen atoms in total. The zero-order valence-electron chi connectivity index (χ0n) is 22.1. The predicted molar refractivity (Wildman–Crippen MR) is 147 cm³/mol. The predicted octanol–water partition coefficient (Wildman–Crippen LogP) is 2.91. The number of amides is 2. The number of rotatable bonds is 7. The molecule has 3 saturated heterocycles. The van der Waals surface area contributed by atoms with Crippen molar-refractivity contribution < 1.29 is 27.5 Å². The number of nitrogens with zero attached hydrogens (tertiary/aromatic N) is 3. The third-order valence-corrected chi connectivity index (χ3v) is 9.81. The Labute approximate surface area is 238 Å². The summed E-state index contributed by atoms with van der Waals surface area (Å²) in [5.74, 6) is 1.43. The number of carbonyl (C=O) groups is 2. The first kappa shape index (κ1) is 27.4. The fraction of sp³-hybridized carbons (Fsp3) is 0.536. The molecule has 0 spiro atoms. The van der Waals surface area contributed by atoms with Gasteiger partial charge in [0.2, 0.25) is 15.9 Å². The molecular formula is C28H33ClN4O6S. The van der Waals surface area contributed by atoms with E-state index in [0.717, 1.165) is 44.6 Å². The lowest BCUT2D eigenvalue weighted by atomic mass is 10.0. The van der Waals surface area contributed by atoms with Crippen molar-refractivity contribution in [2.75, 3.05) is 46.0 Å². The summed E-state index contributed by atoms with van der Waals surface area (Å²) in [5, 5.41) is 5.09. The van der Waals surface area contributed by atoms with Gasteiger partial charge >= 0.3 is 0 Å². The summed E-state index contributed by atoms with van der Waals surface area (Å²) in [5.41, 5.74) is 1.84. The van der Waals surface area contributed by atoms with Gasteiger partial charge in [0.05, 0.1) is 11.6 Å². The second-order valence-electron chi connectivity index (χ2n) is 11.4. The Kier molecular flexibility index (Phi) is 7.49. The SMILES string of the molecule is NS(=O)(=O)c1ccc(C(=O)N2CC3CN(C(=O)c4cc(OCC5CCOCC5)nc(C5CC5)c4)CC3C2)cc1Cl. The van der Waals surface area contributed by atoms with Gasteiger partial charge in [-0.25, -0.2) is 18.5 Å². The van der Waals surface area contributed by atoms with Gasteiger partial charge in [0.25, 0.3) is 11.8 Å². The van der Waals surface area contributed by atoms with Crippen LogP contribution in [0.25, 0.3) is 0 Å². The normalized spacial score (nSPS) is 23.4. The summed E-state index contributed by atoms with van der Waals surface area (Å²) < 4.78 is 34.8. The van der Waals surface area contributed by atoms with Crippen LogP contribution in [0.15, 0.2) is 35.2 Å². The minimum absolute atomic E-state index is 0.0298. The quantitative estimate of drug-likeness (QED) is 0.526. The highest BCUT2D eigenvalue weighted by Gasteiger charge is 2.43. The molecule has 2 N–H and O–H groups in total. The van der Waals surface area contributed by atoms with E-state index in [9.17, 15) is 18.0 Å². The maximum Gasteiger partial charge on any atom is 0.254 e. The number of halogens is 1. The van der Waals surface area contributed by atoms with E-state index in [1.807, 2.05) is 11.0 Å². The average Bonchev–Trinajstić information content (AvgIpc) is 3.60. The van der Waals surface area contributed by atoms with E-state index in [0.29, 0.717) is 61.6 Å². The lowest BCUT2D eigenvalue weighted by Gasteiger charge is -2.23. The van der Waals surface area contributed by atoms with Crippen molar-refractivity contribution in [1.29, 1.82) is 0 Å². The van der Waals surface area contributed by atoms with Crippen LogP contribution in [-0.2, 0) is 14.8 Å². The molecule has 0 bridgehead atoms. The van der Waals surface area contributed by atoms with Crippen LogP contribution in [0, 0.1) is 17.8 Å². The summed E-state index contributed by atoms with van der Waals surface area (Å²) in [6.45, 7) is 4.26. The molecule has 214 valence electrons. The highest BCUT2D eigenvalue weighted by Crippen LogP contribution is 2.40. The van der Waals surface area contributed by atoms with Crippen LogP contribution in [-0.4, -0.2) is 81.0 Å². The standard InChI is InChI=1S/C28H33ClN4O6S/c29-23-9-19(3-4-25(23)40(30,36)37)27(34)32-12-21-14-33(15-22(21)13-32)28(35)20-10-24(18-1-2-18)31-26(11-20)39-16-17-5-7-38-8-6-17/h3-4,9-11,17-18,21-22H,1-2,5-8,12-16H2,(H2,30,36,37). The molecule has 2 amide bonds. The number of carbonyl (C=O) groups excluding carboxylic acids is 2. The van der Waals surface area contributed by atoms with Gasteiger partial charge < -0.3 is 19.3 Å². The number of benzene rings is 1. The Morgan fingerprint density at radius 1 is 0.950 bits per heavy atom. The first-order valence-electron chi connectivity index (χ1n) is 13.8. The zero-order valence-corrected chi connectivity index (χ0v) is 23.7. The highest BCUT2D eigenvalue weighted by molar-refractivity contribution is 7.89. The Hall–Kier alpha value is -2.73. The first-order chi connectivity index (χ1) is 19.2. The summed E-state index contributed by atoms with van der Waals surface area (Å²) >= 11 is 6.09. The van der Waals surface area contributed by atoms with Crippen molar-refractivity contribution in [3.63, 3.8) is 0 Å². The van der Waals surface area contributed by atoms with Gasteiger partial charge in [-0.1, -0.05) is 11.6 Å². The number of hydrogen-bond acceptors (Lipinski definition) is 7. The van der Waals surface area contributed by atoms with Crippen molar-refractivity contribution in [2.45, 2.75) is 36.5 Å². The fourth-order valence-corrected chi connectivity index (χ4v) is 7.07. The van der Waals surface area contributed by atoms with Gasteiger partial charge in [-0.3, -0.25) is 9.59 Å². The molecule has 1 aromatic carbocycles. The lowest BCUT2D eigenvalue weighted by molar-refractivity contribution is 0.0490. The maximum atomic E-state index is 13.6. The van der Waals surface area contributed by atoms with Gasteiger partial charge in [-0.05, 0) is 55.9 Å². The van der Waals surface area contributed by atoms with E-state index in [2.05, 4.69) is 0 Å². The van der Waals surface area contributed by atoms with Gasteiger partial charge in [-0.15, -0.1) is 0 Å². The van der Waals surface area contributed by atoms with Crippen molar-refractivity contribution in [1.82, 2.24) is 14.8 Å². The van der Waals surface area contributed by atoms with Crippen LogP contribution in [0.4, 0.5) is 0 Å². The lowest BCUT2D eigenvalue weighted by Crippen LogP contribution is -2.35. The minimum Gasteiger partial charge on any atom is -0.477 e. The Morgan fingerprint density at radius 3 is 2.15 bits per heavy atom. The molecule has 3 aliphatic heterocycles. The summed E-state index contributed by atoms with van der Waals surface area (Å²) in [4.78, 5) is 34.8. The molecule has 40 heavy (non-hydrogen) atoms. The highest BCUT2D eigenvalue weighted by atomic mass is 35.5. The minimum atomic E-state index is -3.97. The van der Waals surface area contributed by atoms with Crippen molar-refractivity contribution in [3.8, 4) is 5.88 Å². The number of hydrogen-bond donors (Lipinski definition) is 1. The number of primary sulfonamides is 1. The summed E-state index contributed by atoms with van der Waals surface area (Å²) in [7, 11) is -3.97. The monoisotopic (exact) mass is 588 g/mol. The second kappa shape index (κ2) is 10.9. The second-order valence-corrected chi connectivity index (χ2v) is 13.3. The third kappa shape index (κ3) is 5.83. The maximum absolute atomic E-state index is 13.6. The number of aromatic nitrogens is 1. The van der Waals surface area contributed by atoms with Crippen molar-refractivity contribution >= 4 is 33.4 Å². The van der Waals surface area contributed by atoms with E-state index in [1.165, 1.54) is 18.2 Å². The average molecular weight is 589 g/mol. The number of ether oxygens (including phenoxy) is 2. The smallest absolute Gasteiger partial charge is 0.254 e. The fourth-order valence-electron chi connectivity index (χ4n) is 5.98. The van der Waals surface area contributed by atoms with Crippen molar-refractivity contribution in [3.05, 3.63) is 52.2 Å². The van der Waals surface area contributed by atoms with Gasteiger partial charge in [0.1, 0.15) is 4.90 Å². The molecule has 6 rings (SSSR count). The molecule has 1 saturated carbocycles. The number of likely N-dealkylation sites (tertiary alicyclic amines) is 2. The first-order valence-corrected chi connectivity index (χ1v) is 15.7. The van der Waals surface area contributed by atoms with E-state index >= 15 is 0 Å². The molecule has 4 aliphatic rings. The topological polar surface area (TPSA) is 132 Å². The molecule has 2 aromatic rings. The van der Waals surface area contributed by atoms with Gasteiger partial charge in [-0.2, -0.15) is 0 Å². The van der Waals surface area contributed by atoms with E-state index in [1.54, 1.807) is 11.0 Å². The number of sulfonamides is 1. The van der Waals surface area contributed by atoms with Gasteiger partial charge in [0.15, 0.2) is 0 Å².